The van der Waals surface area contributed by atoms with Gasteiger partial charge in [0.05, 0.1) is 0 Å². The lowest BCUT2D eigenvalue weighted by molar-refractivity contribution is -0.134. The highest BCUT2D eigenvalue weighted by Gasteiger charge is 2.56. The van der Waals surface area contributed by atoms with Gasteiger partial charge in [0.2, 0.25) is 11.8 Å². The third kappa shape index (κ3) is 3.58. The molecule has 0 unspecified atom stereocenters. The fourth-order valence-electron chi connectivity index (χ4n) is 2.91. The summed E-state index contributed by atoms with van der Waals surface area (Å²) >= 11 is 0. The normalized spacial score (nSPS) is 14.7. The molecule has 1 aliphatic carbocycles. The molecule has 130 valence electrons. The molecule has 0 saturated heterocycles. The molecule has 1 fully saturated rings. The molecule has 2 amide bonds. The van der Waals surface area contributed by atoms with E-state index in [1.165, 1.54) is 5.56 Å². The highest BCUT2D eigenvalue weighted by Crippen LogP contribution is 2.47. The van der Waals surface area contributed by atoms with Crippen molar-refractivity contribution < 1.29 is 9.59 Å². The van der Waals surface area contributed by atoms with Crippen molar-refractivity contribution in [2.45, 2.75) is 40.2 Å². The number of hydrogen-bond acceptors (Lipinski definition) is 2. The Labute approximate surface area is 148 Å². The second-order valence-corrected chi connectivity index (χ2v) is 6.94. The number of hydrogen-bond donors (Lipinski definition) is 2. The molecule has 4 nitrogen and oxygen atoms in total. The highest BCUT2D eigenvalue weighted by atomic mass is 16.2. The molecule has 1 aliphatic rings. The zero-order valence-corrected chi connectivity index (χ0v) is 15.0. The SMILES string of the molecule is Cc1ccc(NC(=O)C2(C(=O)NCc3ccccc3C)CC2)cc1C. The summed E-state index contributed by atoms with van der Waals surface area (Å²) in [5.41, 5.74) is 4.32. The van der Waals surface area contributed by atoms with Gasteiger partial charge in [-0.3, -0.25) is 9.59 Å². The average molecular weight is 336 g/mol. The van der Waals surface area contributed by atoms with Gasteiger partial charge in [-0.1, -0.05) is 30.3 Å². The minimum absolute atomic E-state index is 0.183. The average Bonchev–Trinajstić information content (AvgIpc) is 3.39. The van der Waals surface area contributed by atoms with E-state index in [9.17, 15) is 9.59 Å². The van der Waals surface area contributed by atoms with E-state index in [0.717, 1.165) is 22.4 Å². The maximum absolute atomic E-state index is 12.6. The smallest absolute Gasteiger partial charge is 0.240 e. The molecule has 2 aromatic carbocycles. The van der Waals surface area contributed by atoms with Crippen molar-refractivity contribution in [2.24, 2.45) is 5.41 Å². The minimum Gasteiger partial charge on any atom is -0.351 e. The first-order valence-electron chi connectivity index (χ1n) is 8.64. The van der Waals surface area contributed by atoms with Gasteiger partial charge >= 0.3 is 0 Å². The zero-order valence-electron chi connectivity index (χ0n) is 15.0. The van der Waals surface area contributed by atoms with E-state index in [0.29, 0.717) is 19.4 Å². The number of rotatable bonds is 5. The molecule has 0 bridgehead atoms. The van der Waals surface area contributed by atoms with Crippen LogP contribution in [0.5, 0.6) is 0 Å². The van der Waals surface area contributed by atoms with E-state index in [4.69, 9.17) is 0 Å². The van der Waals surface area contributed by atoms with Gasteiger partial charge < -0.3 is 10.6 Å². The minimum atomic E-state index is -0.915. The second kappa shape index (κ2) is 6.71. The molecule has 3 rings (SSSR count). The molecule has 0 aliphatic heterocycles. The van der Waals surface area contributed by atoms with Crippen molar-refractivity contribution in [1.82, 2.24) is 5.32 Å². The van der Waals surface area contributed by atoms with Gasteiger partial charge in [-0.15, -0.1) is 0 Å². The molecule has 0 radical (unpaired) electrons. The van der Waals surface area contributed by atoms with E-state index < -0.39 is 5.41 Å². The summed E-state index contributed by atoms with van der Waals surface area (Å²) in [6.07, 6.45) is 1.20. The van der Waals surface area contributed by atoms with Gasteiger partial charge in [-0.2, -0.15) is 0 Å². The van der Waals surface area contributed by atoms with Crippen molar-refractivity contribution in [1.29, 1.82) is 0 Å². The van der Waals surface area contributed by atoms with E-state index in [1.807, 2.05) is 63.2 Å². The van der Waals surface area contributed by atoms with Crippen LogP contribution in [0.15, 0.2) is 42.5 Å². The van der Waals surface area contributed by atoms with Gasteiger partial charge in [-0.05, 0) is 68.0 Å². The number of carbonyl (C=O) groups is 2. The first kappa shape index (κ1) is 17.2. The van der Waals surface area contributed by atoms with Crippen molar-refractivity contribution in [3.8, 4) is 0 Å². The fourth-order valence-corrected chi connectivity index (χ4v) is 2.91. The molecule has 0 spiro atoms. The van der Waals surface area contributed by atoms with Crippen LogP contribution >= 0.6 is 0 Å². The Balaban J connectivity index is 1.64. The van der Waals surface area contributed by atoms with Crippen LogP contribution < -0.4 is 10.6 Å². The quantitative estimate of drug-likeness (QED) is 0.819. The first-order valence-corrected chi connectivity index (χ1v) is 8.64. The van der Waals surface area contributed by atoms with Crippen LogP contribution in [-0.2, 0) is 16.1 Å². The predicted octanol–water partition coefficient (Wildman–Crippen LogP) is 3.65. The van der Waals surface area contributed by atoms with Gasteiger partial charge in [0.25, 0.3) is 0 Å². The Morgan fingerprint density at radius 1 is 0.920 bits per heavy atom. The summed E-state index contributed by atoms with van der Waals surface area (Å²) in [6.45, 7) is 6.50. The van der Waals surface area contributed by atoms with Crippen molar-refractivity contribution in [3.05, 3.63) is 64.7 Å². The number of nitrogens with one attached hydrogen (secondary N) is 2. The molecule has 2 aromatic rings. The summed E-state index contributed by atoms with van der Waals surface area (Å²) in [7, 11) is 0. The summed E-state index contributed by atoms with van der Waals surface area (Å²) < 4.78 is 0. The van der Waals surface area contributed by atoms with E-state index in [-0.39, 0.29) is 11.8 Å². The van der Waals surface area contributed by atoms with E-state index in [1.54, 1.807) is 0 Å². The lowest BCUT2D eigenvalue weighted by Crippen LogP contribution is -2.39. The topological polar surface area (TPSA) is 58.2 Å². The monoisotopic (exact) mass is 336 g/mol. The van der Waals surface area contributed by atoms with Crippen LogP contribution in [-0.4, -0.2) is 11.8 Å². The molecule has 4 heteroatoms. The Bertz CT molecular complexity index is 822. The number of benzene rings is 2. The standard InChI is InChI=1S/C21H24N2O2/c1-14-8-9-18(12-16(14)3)23-20(25)21(10-11-21)19(24)22-13-17-7-5-4-6-15(17)2/h4-9,12H,10-11,13H2,1-3H3,(H,22,24)(H,23,25). The Morgan fingerprint density at radius 2 is 1.64 bits per heavy atom. The number of anilines is 1. The van der Waals surface area contributed by atoms with E-state index in [2.05, 4.69) is 10.6 Å². The third-order valence-electron chi connectivity index (χ3n) is 5.08. The molecule has 2 N–H and O–H groups in total. The van der Waals surface area contributed by atoms with E-state index >= 15 is 0 Å². The Kier molecular flexibility index (Phi) is 4.62. The summed E-state index contributed by atoms with van der Waals surface area (Å²) in [5, 5.41) is 5.83. The number of carbonyl (C=O) groups excluding carboxylic acids is 2. The van der Waals surface area contributed by atoms with Crippen molar-refractivity contribution in [2.75, 3.05) is 5.32 Å². The number of aryl methyl sites for hydroxylation is 3. The molecule has 1 saturated carbocycles. The Morgan fingerprint density at radius 3 is 2.28 bits per heavy atom. The van der Waals surface area contributed by atoms with Gasteiger partial charge in [0.1, 0.15) is 5.41 Å². The van der Waals surface area contributed by atoms with Gasteiger partial charge in [-0.25, -0.2) is 0 Å². The number of amides is 2. The van der Waals surface area contributed by atoms with Crippen LogP contribution in [0.1, 0.15) is 35.1 Å². The molecular formula is C21H24N2O2. The fraction of sp³-hybridized carbons (Fsp3) is 0.333. The maximum atomic E-state index is 12.6. The van der Waals surface area contributed by atoms with Crippen LogP contribution in [0.4, 0.5) is 5.69 Å². The third-order valence-corrected chi connectivity index (χ3v) is 5.08. The van der Waals surface area contributed by atoms with Crippen molar-refractivity contribution in [3.63, 3.8) is 0 Å². The molecule has 25 heavy (non-hydrogen) atoms. The lowest BCUT2D eigenvalue weighted by Gasteiger charge is -2.16. The first-order chi connectivity index (χ1) is 11.9. The summed E-state index contributed by atoms with van der Waals surface area (Å²) in [4.78, 5) is 25.2. The highest BCUT2D eigenvalue weighted by molar-refractivity contribution is 6.13. The molecule has 0 atom stereocenters. The second-order valence-electron chi connectivity index (χ2n) is 6.94. The Hall–Kier alpha value is -2.62. The van der Waals surface area contributed by atoms with Gasteiger partial charge in [0.15, 0.2) is 0 Å². The van der Waals surface area contributed by atoms with Crippen molar-refractivity contribution >= 4 is 17.5 Å². The van der Waals surface area contributed by atoms with Crippen LogP contribution in [0.3, 0.4) is 0 Å². The summed E-state index contributed by atoms with van der Waals surface area (Å²) in [5.74, 6) is -0.393. The van der Waals surface area contributed by atoms with Gasteiger partial charge in [0, 0.05) is 12.2 Å². The van der Waals surface area contributed by atoms with Crippen LogP contribution in [0.2, 0.25) is 0 Å². The largest absolute Gasteiger partial charge is 0.351 e. The maximum Gasteiger partial charge on any atom is 0.240 e. The molecule has 0 heterocycles. The zero-order chi connectivity index (χ0) is 18.0. The van der Waals surface area contributed by atoms with Crippen LogP contribution in [0, 0.1) is 26.2 Å². The predicted molar refractivity (Wildman–Crippen MR) is 99.2 cm³/mol. The molecular weight excluding hydrogens is 312 g/mol. The lowest BCUT2D eigenvalue weighted by atomic mass is 10.0. The summed E-state index contributed by atoms with van der Waals surface area (Å²) in [6, 6.07) is 13.7. The molecule has 0 aromatic heterocycles. The van der Waals surface area contributed by atoms with Crippen LogP contribution in [0.25, 0.3) is 0 Å².